The van der Waals surface area contributed by atoms with Crippen LogP contribution in [0.25, 0.3) is 0 Å². The number of hydrogen-bond donors (Lipinski definition) is 1. The van der Waals surface area contributed by atoms with Crippen LogP contribution in [0.1, 0.15) is 33.4 Å². The normalized spacial score (nSPS) is 23.1. The molecule has 2 atom stereocenters. The third-order valence-corrected chi connectivity index (χ3v) is 6.33. The van der Waals surface area contributed by atoms with Crippen LogP contribution in [-0.4, -0.2) is 5.11 Å². The van der Waals surface area contributed by atoms with Gasteiger partial charge in [0.2, 0.25) is 5.43 Å². The minimum Gasteiger partial charge on any atom is -0.504 e. The zero-order valence-corrected chi connectivity index (χ0v) is 16.1. The molecule has 30 heavy (non-hydrogen) atoms. The van der Waals surface area contributed by atoms with Crippen molar-refractivity contribution in [3.8, 4) is 5.75 Å². The van der Waals surface area contributed by atoms with Gasteiger partial charge in [0.1, 0.15) is 11.2 Å². The number of ether oxygens (including phenoxy) is 1. The summed E-state index contributed by atoms with van der Waals surface area (Å²) in [5.74, 6) is -0.258. The maximum Gasteiger partial charge on any atom is 0.220 e. The summed E-state index contributed by atoms with van der Waals surface area (Å²) >= 11 is 0. The Morgan fingerprint density at radius 3 is 1.70 bits per heavy atom. The fourth-order valence-electron chi connectivity index (χ4n) is 5.19. The molecule has 144 valence electrons. The number of aromatic hydroxyl groups is 1. The van der Waals surface area contributed by atoms with Gasteiger partial charge in [0, 0.05) is 11.1 Å². The van der Waals surface area contributed by atoms with Crippen LogP contribution >= 0.6 is 0 Å². The van der Waals surface area contributed by atoms with Crippen LogP contribution in [-0.2, 0) is 15.9 Å². The topological polar surface area (TPSA) is 46.5 Å². The summed E-state index contributed by atoms with van der Waals surface area (Å²) in [4.78, 5) is 12.7. The highest BCUT2D eigenvalue weighted by atomic mass is 16.5. The summed E-state index contributed by atoms with van der Waals surface area (Å²) < 4.78 is 7.04. The number of fused-ring (bicyclic) bond motifs is 8. The molecule has 1 N–H and O–H groups in total. The minimum atomic E-state index is -1.06. The van der Waals surface area contributed by atoms with E-state index in [1.807, 2.05) is 84.9 Å². The Kier molecular flexibility index (Phi) is 3.39. The Bertz CT molecular complexity index is 1350. The van der Waals surface area contributed by atoms with Crippen LogP contribution in [0.4, 0.5) is 0 Å². The molecule has 6 rings (SSSR count). The first kappa shape index (κ1) is 17.2. The predicted molar refractivity (Wildman–Crippen MR) is 115 cm³/mol. The molecule has 0 aromatic heterocycles. The third-order valence-electron chi connectivity index (χ3n) is 6.33. The van der Waals surface area contributed by atoms with E-state index >= 15 is 0 Å². The van der Waals surface area contributed by atoms with Crippen LogP contribution in [0.5, 0.6) is 5.75 Å². The third kappa shape index (κ3) is 1.90. The summed E-state index contributed by atoms with van der Waals surface area (Å²) in [6.07, 6.45) is 0. The SMILES string of the molecule is O=c1cccc2c(c1O)C1(c3ccccc3)OC2(c2ccccc2)c2ccccc21. The lowest BCUT2D eigenvalue weighted by atomic mass is 9.68. The van der Waals surface area contributed by atoms with Gasteiger partial charge in [0.25, 0.3) is 0 Å². The van der Waals surface area contributed by atoms with E-state index in [4.69, 9.17) is 4.74 Å². The Morgan fingerprint density at radius 2 is 1.07 bits per heavy atom. The van der Waals surface area contributed by atoms with Crippen molar-refractivity contribution in [2.45, 2.75) is 11.2 Å². The van der Waals surface area contributed by atoms with Gasteiger partial charge in [-0.3, -0.25) is 4.79 Å². The lowest BCUT2D eigenvalue weighted by Gasteiger charge is -2.29. The number of rotatable bonds is 2. The van der Waals surface area contributed by atoms with Crippen molar-refractivity contribution in [3.05, 3.63) is 147 Å². The summed E-state index contributed by atoms with van der Waals surface area (Å²) in [5.41, 5.74) is 2.78. The van der Waals surface area contributed by atoms with Crippen molar-refractivity contribution in [3.63, 3.8) is 0 Å². The van der Waals surface area contributed by atoms with E-state index in [2.05, 4.69) is 6.07 Å². The van der Waals surface area contributed by atoms with E-state index in [-0.39, 0.29) is 5.75 Å². The molecule has 2 heterocycles. The van der Waals surface area contributed by atoms with Crippen LogP contribution < -0.4 is 5.43 Å². The molecule has 2 aliphatic heterocycles. The van der Waals surface area contributed by atoms with Crippen molar-refractivity contribution in [2.24, 2.45) is 0 Å². The second-order valence-electron chi connectivity index (χ2n) is 7.77. The molecular formula is C27H18O3. The molecule has 3 nitrogen and oxygen atoms in total. The Morgan fingerprint density at radius 1 is 0.567 bits per heavy atom. The molecule has 4 aromatic carbocycles. The van der Waals surface area contributed by atoms with Crippen molar-refractivity contribution >= 4 is 0 Å². The number of hydrogen-bond acceptors (Lipinski definition) is 3. The molecule has 4 aromatic rings. The zero-order chi connectivity index (χ0) is 20.3. The summed E-state index contributed by atoms with van der Waals surface area (Å²) in [6.45, 7) is 0. The quantitative estimate of drug-likeness (QED) is 0.541. The largest absolute Gasteiger partial charge is 0.504 e. The lowest BCUT2D eigenvalue weighted by molar-refractivity contribution is -0.0264. The molecule has 0 amide bonds. The van der Waals surface area contributed by atoms with Crippen LogP contribution in [0.15, 0.2) is 108 Å². The highest BCUT2D eigenvalue weighted by molar-refractivity contribution is 5.72. The molecule has 2 unspecified atom stereocenters. The van der Waals surface area contributed by atoms with Gasteiger partial charge in [-0.2, -0.15) is 0 Å². The lowest BCUT2D eigenvalue weighted by Crippen LogP contribution is -2.27. The van der Waals surface area contributed by atoms with Crippen molar-refractivity contribution in [1.29, 1.82) is 0 Å². The maximum absolute atomic E-state index is 12.7. The van der Waals surface area contributed by atoms with Gasteiger partial charge in [0.05, 0.1) is 0 Å². The monoisotopic (exact) mass is 390 g/mol. The van der Waals surface area contributed by atoms with E-state index in [0.717, 1.165) is 27.8 Å². The van der Waals surface area contributed by atoms with E-state index in [0.29, 0.717) is 5.56 Å². The van der Waals surface area contributed by atoms with E-state index < -0.39 is 16.6 Å². The van der Waals surface area contributed by atoms with E-state index in [9.17, 15) is 9.90 Å². The molecule has 3 heteroatoms. The van der Waals surface area contributed by atoms with Gasteiger partial charge in [0.15, 0.2) is 5.75 Å². The Hall–Kier alpha value is -3.69. The molecule has 0 fully saturated rings. The van der Waals surface area contributed by atoms with Gasteiger partial charge in [-0.05, 0) is 28.3 Å². The molecular weight excluding hydrogens is 372 g/mol. The molecule has 0 saturated carbocycles. The fraction of sp³-hybridized carbons (Fsp3) is 0.0741. The van der Waals surface area contributed by atoms with Crippen molar-refractivity contribution in [1.82, 2.24) is 0 Å². The first-order valence-electron chi connectivity index (χ1n) is 9.98. The second kappa shape index (κ2) is 5.91. The first-order valence-corrected chi connectivity index (χ1v) is 9.98. The first-order chi connectivity index (χ1) is 14.7. The van der Waals surface area contributed by atoms with Gasteiger partial charge >= 0.3 is 0 Å². The minimum absolute atomic E-state index is 0.258. The molecule has 2 bridgehead atoms. The van der Waals surface area contributed by atoms with E-state index in [1.165, 1.54) is 6.07 Å². The molecule has 0 saturated heterocycles. The van der Waals surface area contributed by atoms with Crippen molar-refractivity contribution < 1.29 is 9.84 Å². The summed E-state index contributed by atoms with van der Waals surface area (Å²) in [7, 11) is 0. The van der Waals surface area contributed by atoms with Crippen molar-refractivity contribution in [2.75, 3.05) is 0 Å². The Balaban J connectivity index is 1.86. The van der Waals surface area contributed by atoms with E-state index in [1.54, 1.807) is 6.07 Å². The van der Waals surface area contributed by atoms with Gasteiger partial charge in [-0.25, -0.2) is 0 Å². The van der Waals surface area contributed by atoms with Gasteiger partial charge in [-0.1, -0.05) is 97.1 Å². The summed E-state index contributed by atoms with van der Waals surface area (Å²) in [6, 6.07) is 33.0. The van der Waals surface area contributed by atoms with Gasteiger partial charge in [-0.15, -0.1) is 0 Å². The molecule has 0 aliphatic carbocycles. The summed E-state index contributed by atoms with van der Waals surface area (Å²) in [5, 5.41) is 11.1. The zero-order valence-electron chi connectivity index (χ0n) is 16.1. The average Bonchev–Trinajstić information content (AvgIpc) is 3.23. The predicted octanol–water partition coefficient (Wildman–Crippen LogP) is 4.68. The Labute approximate surface area is 173 Å². The fourth-order valence-corrected chi connectivity index (χ4v) is 5.19. The average molecular weight is 390 g/mol. The highest BCUT2D eigenvalue weighted by Gasteiger charge is 2.65. The molecule has 0 spiro atoms. The van der Waals surface area contributed by atoms with Gasteiger partial charge < -0.3 is 9.84 Å². The maximum atomic E-state index is 12.7. The highest BCUT2D eigenvalue weighted by Crippen LogP contribution is 2.66. The molecule has 2 aliphatic rings. The molecule has 0 radical (unpaired) electrons. The second-order valence-corrected chi connectivity index (χ2v) is 7.77. The van der Waals surface area contributed by atoms with Crippen LogP contribution in [0, 0.1) is 0 Å². The van der Waals surface area contributed by atoms with Crippen LogP contribution in [0.2, 0.25) is 0 Å². The standard InChI is InChI=1S/C27H18O3/c28-23-17-9-16-22-24(25(23)29)27(19-12-5-2-6-13-19)21-15-8-7-14-20(21)26(22,30-27)18-10-3-1-4-11-18/h1-17H,(H,28,29). The number of benzene rings is 3. The smallest absolute Gasteiger partial charge is 0.220 e. The van der Waals surface area contributed by atoms with Crippen LogP contribution in [0.3, 0.4) is 0 Å².